The second-order valence-electron chi connectivity index (χ2n) is 4.70. The van der Waals surface area contributed by atoms with Crippen LogP contribution < -0.4 is 5.32 Å². The van der Waals surface area contributed by atoms with Gasteiger partial charge in [0.15, 0.2) is 0 Å². The van der Waals surface area contributed by atoms with Crippen LogP contribution in [0.1, 0.15) is 30.0 Å². The SMILES string of the molecule is Cc1cc(C)cc(CNC2CC2C)c1. The quantitative estimate of drug-likeness (QED) is 0.771. The van der Waals surface area contributed by atoms with Crippen molar-refractivity contribution < 1.29 is 0 Å². The smallest absolute Gasteiger partial charge is 0.0208 e. The lowest BCUT2D eigenvalue weighted by molar-refractivity contribution is 0.652. The number of hydrogen-bond acceptors (Lipinski definition) is 1. The van der Waals surface area contributed by atoms with Crippen LogP contribution in [0.4, 0.5) is 0 Å². The first-order valence-electron chi connectivity index (χ1n) is 5.46. The Bertz CT molecular complexity index is 310. The lowest BCUT2D eigenvalue weighted by atomic mass is 10.1. The molecule has 0 radical (unpaired) electrons. The zero-order valence-electron chi connectivity index (χ0n) is 9.30. The van der Waals surface area contributed by atoms with Crippen molar-refractivity contribution >= 4 is 0 Å². The fourth-order valence-corrected chi connectivity index (χ4v) is 2.03. The first kappa shape index (κ1) is 9.72. The molecule has 1 fully saturated rings. The molecule has 2 rings (SSSR count). The fraction of sp³-hybridized carbons (Fsp3) is 0.538. The summed E-state index contributed by atoms with van der Waals surface area (Å²) in [6.07, 6.45) is 1.35. The summed E-state index contributed by atoms with van der Waals surface area (Å²) in [4.78, 5) is 0. The van der Waals surface area contributed by atoms with E-state index in [1.165, 1.54) is 23.1 Å². The minimum atomic E-state index is 0.774. The number of aryl methyl sites for hydroxylation is 2. The molecule has 14 heavy (non-hydrogen) atoms. The summed E-state index contributed by atoms with van der Waals surface area (Å²) < 4.78 is 0. The number of hydrogen-bond donors (Lipinski definition) is 1. The van der Waals surface area contributed by atoms with Crippen molar-refractivity contribution in [1.29, 1.82) is 0 Å². The third-order valence-corrected chi connectivity index (χ3v) is 2.96. The van der Waals surface area contributed by atoms with E-state index in [0.29, 0.717) is 0 Å². The van der Waals surface area contributed by atoms with E-state index in [1.54, 1.807) is 0 Å². The van der Waals surface area contributed by atoms with Crippen LogP contribution in [0, 0.1) is 19.8 Å². The Labute approximate surface area is 86.5 Å². The van der Waals surface area contributed by atoms with E-state index in [2.05, 4.69) is 44.3 Å². The van der Waals surface area contributed by atoms with Crippen LogP contribution in [-0.2, 0) is 6.54 Å². The van der Waals surface area contributed by atoms with Gasteiger partial charge in [-0.1, -0.05) is 36.2 Å². The van der Waals surface area contributed by atoms with Gasteiger partial charge >= 0.3 is 0 Å². The van der Waals surface area contributed by atoms with E-state index in [4.69, 9.17) is 0 Å². The van der Waals surface area contributed by atoms with Gasteiger partial charge in [-0.3, -0.25) is 0 Å². The molecular weight excluding hydrogens is 170 g/mol. The highest BCUT2D eigenvalue weighted by molar-refractivity contribution is 5.28. The molecule has 2 atom stereocenters. The Morgan fingerprint density at radius 3 is 2.29 bits per heavy atom. The molecule has 1 N–H and O–H groups in total. The van der Waals surface area contributed by atoms with Crippen LogP contribution in [0.25, 0.3) is 0 Å². The van der Waals surface area contributed by atoms with Gasteiger partial charge in [-0.05, 0) is 31.7 Å². The van der Waals surface area contributed by atoms with Gasteiger partial charge in [0.25, 0.3) is 0 Å². The van der Waals surface area contributed by atoms with Gasteiger partial charge in [0.2, 0.25) is 0 Å². The summed E-state index contributed by atoms with van der Waals surface area (Å²) in [6.45, 7) is 7.66. The van der Waals surface area contributed by atoms with Crippen molar-refractivity contribution in [3.8, 4) is 0 Å². The molecule has 2 unspecified atom stereocenters. The Balaban J connectivity index is 1.95. The second kappa shape index (κ2) is 3.74. The summed E-state index contributed by atoms with van der Waals surface area (Å²) in [7, 11) is 0. The molecule has 0 aliphatic heterocycles. The van der Waals surface area contributed by atoms with E-state index in [1.807, 2.05) is 0 Å². The molecule has 0 spiro atoms. The highest BCUT2D eigenvalue weighted by Gasteiger charge is 2.31. The summed E-state index contributed by atoms with van der Waals surface area (Å²) in [5, 5.41) is 3.58. The van der Waals surface area contributed by atoms with Crippen molar-refractivity contribution in [1.82, 2.24) is 5.32 Å². The maximum absolute atomic E-state index is 3.58. The minimum absolute atomic E-state index is 0.774. The number of nitrogens with one attached hydrogen (secondary N) is 1. The van der Waals surface area contributed by atoms with Crippen LogP contribution in [0.5, 0.6) is 0 Å². The predicted octanol–water partition coefficient (Wildman–Crippen LogP) is 2.80. The zero-order chi connectivity index (χ0) is 10.1. The van der Waals surface area contributed by atoms with Crippen molar-refractivity contribution in [2.45, 2.75) is 39.8 Å². The monoisotopic (exact) mass is 189 g/mol. The van der Waals surface area contributed by atoms with E-state index >= 15 is 0 Å². The minimum Gasteiger partial charge on any atom is -0.310 e. The Morgan fingerprint density at radius 2 is 1.79 bits per heavy atom. The predicted molar refractivity (Wildman–Crippen MR) is 60.3 cm³/mol. The van der Waals surface area contributed by atoms with Gasteiger partial charge < -0.3 is 5.32 Å². The molecular formula is C13H19N. The van der Waals surface area contributed by atoms with Gasteiger partial charge in [-0.25, -0.2) is 0 Å². The molecule has 0 bridgehead atoms. The summed E-state index contributed by atoms with van der Waals surface area (Å²) >= 11 is 0. The second-order valence-corrected chi connectivity index (χ2v) is 4.70. The van der Waals surface area contributed by atoms with Crippen molar-refractivity contribution in [2.24, 2.45) is 5.92 Å². The van der Waals surface area contributed by atoms with Crippen LogP contribution in [0.3, 0.4) is 0 Å². The topological polar surface area (TPSA) is 12.0 Å². The summed E-state index contributed by atoms with van der Waals surface area (Å²) in [5.74, 6) is 0.890. The fourth-order valence-electron chi connectivity index (χ4n) is 2.03. The third-order valence-electron chi connectivity index (χ3n) is 2.96. The summed E-state index contributed by atoms with van der Waals surface area (Å²) in [6, 6.07) is 7.54. The molecule has 0 saturated heterocycles. The molecule has 1 nitrogen and oxygen atoms in total. The van der Waals surface area contributed by atoms with E-state index in [0.717, 1.165) is 18.5 Å². The van der Waals surface area contributed by atoms with Crippen LogP contribution in [0.2, 0.25) is 0 Å². The molecule has 0 heterocycles. The average molecular weight is 189 g/mol. The molecule has 76 valence electrons. The summed E-state index contributed by atoms with van der Waals surface area (Å²) in [5.41, 5.74) is 4.15. The Morgan fingerprint density at radius 1 is 1.21 bits per heavy atom. The van der Waals surface area contributed by atoms with E-state index in [-0.39, 0.29) is 0 Å². The molecule has 1 aliphatic carbocycles. The number of benzene rings is 1. The first-order chi connectivity index (χ1) is 6.65. The van der Waals surface area contributed by atoms with Crippen molar-refractivity contribution in [3.05, 3.63) is 34.9 Å². The first-order valence-corrected chi connectivity index (χ1v) is 5.46. The maximum atomic E-state index is 3.58. The number of rotatable bonds is 3. The van der Waals surface area contributed by atoms with Gasteiger partial charge in [-0.2, -0.15) is 0 Å². The standard InChI is InChI=1S/C13H19N/c1-9-4-10(2)6-12(5-9)8-14-13-7-11(13)3/h4-6,11,13-14H,7-8H2,1-3H3. The molecule has 0 amide bonds. The molecule has 1 aromatic rings. The molecule has 1 saturated carbocycles. The lowest BCUT2D eigenvalue weighted by Gasteiger charge is -2.06. The van der Waals surface area contributed by atoms with Crippen LogP contribution >= 0.6 is 0 Å². The van der Waals surface area contributed by atoms with Gasteiger partial charge in [0.05, 0.1) is 0 Å². The highest BCUT2D eigenvalue weighted by Crippen LogP contribution is 2.29. The van der Waals surface area contributed by atoms with E-state index < -0.39 is 0 Å². The van der Waals surface area contributed by atoms with E-state index in [9.17, 15) is 0 Å². The van der Waals surface area contributed by atoms with Gasteiger partial charge in [-0.15, -0.1) is 0 Å². The Hall–Kier alpha value is -0.820. The van der Waals surface area contributed by atoms with Gasteiger partial charge in [0, 0.05) is 12.6 Å². The zero-order valence-corrected chi connectivity index (χ0v) is 9.30. The van der Waals surface area contributed by atoms with Crippen molar-refractivity contribution in [2.75, 3.05) is 0 Å². The lowest BCUT2D eigenvalue weighted by Crippen LogP contribution is -2.17. The molecule has 1 aromatic carbocycles. The Kier molecular flexibility index (Phi) is 2.60. The average Bonchev–Trinajstić information content (AvgIpc) is 2.77. The highest BCUT2D eigenvalue weighted by atomic mass is 15.0. The van der Waals surface area contributed by atoms with Gasteiger partial charge in [0.1, 0.15) is 0 Å². The molecule has 0 aromatic heterocycles. The largest absolute Gasteiger partial charge is 0.310 e. The van der Waals surface area contributed by atoms with Crippen LogP contribution in [0.15, 0.2) is 18.2 Å². The molecule has 1 aliphatic rings. The normalized spacial score (nSPS) is 25.1. The molecule has 1 heteroatoms. The third kappa shape index (κ3) is 2.36. The van der Waals surface area contributed by atoms with Crippen LogP contribution in [-0.4, -0.2) is 6.04 Å². The maximum Gasteiger partial charge on any atom is 0.0208 e. The van der Waals surface area contributed by atoms with Crippen molar-refractivity contribution in [3.63, 3.8) is 0 Å².